The van der Waals surface area contributed by atoms with Gasteiger partial charge >= 0.3 is 0 Å². The van der Waals surface area contributed by atoms with Crippen LogP contribution in [0.15, 0.2) is 65.7 Å². The lowest BCUT2D eigenvalue weighted by molar-refractivity contribution is -0.114. The number of hydrogen-bond donors (Lipinski definition) is 0. The molecule has 0 aliphatic rings. The molecule has 0 aliphatic carbocycles. The van der Waals surface area contributed by atoms with Crippen LogP contribution in [0.4, 0.5) is 11.4 Å². The van der Waals surface area contributed by atoms with Crippen LogP contribution in [-0.2, 0) is 4.79 Å². The lowest BCUT2D eigenvalue weighted by Gasteiger charge is -2.11. The minimum atomic E-state index is 0.143. The van der Waals surface area contributed by atoms with Crippen LogP contribution in [0.1, 0.15) is 12.5 Å². The quantitative estimate of drug-likeness (QED) is 0.559. The summed E-state index contributed by atoms with van der Waals surface area (Å²) in [7, 11) is 4.04. The predicted molar refractivity (Wildman–Crippen MR) is 106 cm³/mol. The summed E-state index contributed by atoms with van der Waals surface area (Å²) >= 11 is 1.46. The molecule has 0 atom stereocenters. The highest BCUT2D eigenvalue weighted by atomic mass is 32.2. The van der Waals surface area contributed by atoms with E-state index in [4.69, 9.17) is 0 Å². The molecule has 2 aromatic rings. The van der Waals surface area contributed by atoms with Crippen molar-refractivity contribution in [1.29, 1.82) is 0 Å². The van der Waals surface area contributed by atoms with E-state index in [2.05, 4.69) is 34.2 Å². The maximum Gasteiger partial charge on any atom is 0.140 e. The van der Waals surface area contributed by atoms with Crippen LogP contribution in [0.25, 0.3) is 6.08 Å². The zero-order valence-corrected chi connectivity index (χ0v) is 15.1. The minimum Gasteiger partial charge on any atom is -0.378 e. The molecular formula is C20H22N2OS. The molecule has 0 saturated heterocycles. The molecule has 0 amide bonds. The SMILES string of the molecule is CC(=O)CSC(/C=C/c1ccc(N(C)C)cc1)=Nc1ccccc1. The van der Waals surface area contributed by atoms with Gasteiger partial charge < -0.3 is 4.90 Å². The summed E-state index contributed by atoms with van der Waals surface area (Å²) in [5, 5.41) is 0.827. The molecule has 0 aromatic heterocycles. The summed E-state index contributed by atoms with van der Waals surface area (Å²) in [6, 6.07) is 18.1. The molecule has 0 heterocycles. The van der Waals surface area contributed by atoms with Crippen LogP contribution in [0.3, 0.4) is 0 Å². The van der Waals surface area contributed by atoms with E-state index in [0.717, 1.165) is 22.0 Å². The molecular weight excluding hydrogens is 316 g/mol. The molecule has 24 heavy (non-hydrogen) atoms. The molecule has 2 aromatic carbocycles. The van der Waals surface area contributed by atoms with E-state index in [0.29, 0.717) is 5.75 Å². The van der Waals surface area contributed by atoms with Gasteiger partial charge in [-0.25, -0.2) is 4.99 Å². The molecule has 0 N–H and O–H groups in total. The molecule has 0 bridgehead atoms. The smallest absolute Gasteiger partial charge is 0.140 e. The Hall–Kier alpha value is -2.33. The average Bonchev–Trinajstić information content (AvgIpc) is 2.58. The van der Waals surface area contributed by atoms with E-state index in [1.165, 1.54) is 11.8 Å². The van der Waals surface area contributed by atoms with Crippen molar-refractivity contribution < 1.29 is 4.79 Å². The first-order valence-corrected chi connectivity index (χ1v) is 8.74. The van der Waals surface area contributed by atoms with Crippen molar-refractivity contribution in [2.24, 2.45) is 4.99 Å². The number of carbonyl (C=O) groups excluding carboxylic acids is 1. The molecule has 2 rings (SSSR count). The summed E-state index contributed by atoms with van der Waals surface area (Å²) in [6.07, 6.45) is 3.99. The average molecular weight is 338 g/mol. The fourth-order valence-corrected chi connectivity index (χ4v) is 2.66. The number of hydrogen-bond acceptors (Lipinski definition) is 4. The fraction of sp³-hybridized carbons (Fsp3) is 0.200. The Morgan fingerprint density at radius 3 is 2.33 bits per heavy atom. The zero-order chi connectivity index (χ0) is 17.4. The minimum absolute atomic E-state index is 0.143. The Morgan fingerprint density at radius 1 is 1.08 bits per heavy atom. The third-order valence-corrected chi connectivity index (χ3v) is 4.32. The van der Waals surface area contributed by atoms with Gasteiger partial charge in [0.25, 0.3) is 0 Å². The van der Waals surface area contributed by atoms with Crippen LogP contribution in [0.5, 0.6) is 0 Å². The molecule has 3 nitrogen and oxygen atoms in total. The number of benzene rings is 2. The molecule has 0 saturated carbocycles. The van der Waals surface area contributed by atoms with E-state index in [1.807, 2.05) is 56.6 Å². The summed E-state index contributed by atoms with van der Waals surface area (Å²) in [5.41, 5.74) is 3.15. The lowest BCUT2D eigenvalue weighted by atomic mass is 10.2. The maximum absolute atomic E-state index is 11.3. The molecule has 0 unspecified atom stereocenters. The van der Waals surface area contributed by atoms with Crippen molar-refractivity contribution in [2.75, 3.05) is 24.7 Å². The van der Waals surface area contributed by atoms with Crippen molar-refractivity contribution in [3.05, 3.63) is 66.2 Å². The number of ketones is 1. The number of thioether (sulfide) groups is 1. The van der Waals surface area contributed by atoms with E-state index in [9.17, 15) is 4.79 Å². The summed E-state index contributed by atoms with van der Waals surface area (Å²) in [4.78, 5) is 18.0. The number of nitrogens with zero attached hydrogens (tertiary/aromatic N) is 2. The van der Waals surface area contributed by atoms with Crippen molar-refractivity contribution >= 4 is 40.0 Å². The zero-order valence-electron chi connectivity index (χ0n) is 14.3. The van der Waals surface area contributed by atoms with Crippen LogP contribution in [0, 0.1) is 0 Å². The number of rotatable bonds is 6. The largest absolute Gasteiger partial charge is 0.378 e. The van der Waals surface area contributed by atoms with Gasteiger partial charge in [-0.2, -0.15) is 0 Å². The highest BCUT2D eigenvalue weighted by molar-refractivity contribution is 8.14. The molecule has 0 spiro atoms. The van der Waals surface area contributed by atoms with Gasteiger partial charge in [0.15, 0.2) is 0 Å². The number of Topliss-reactive ketones (excluding diaryl/α,β-unsaturated/α-hetero) is 1. The Balaban J connectivity index is 2.17. The second-order valence-corrected chi connectivity index (χ2v) is 6.59. The van der Waals surface area contributed by atoms with Crippen molar-refractivity contribution in [3.8, 4) is 0 Å². The number of aliphatic imine (C=N–C) groups is 1. The third-order valence-electron chi connectivity index (χ3n) is 3.25. The maximum atomic E-state index is 11.3. The number of para-hydroxylation sites is 1. The Bertz CT molecular complexity index is 719. The second-order valence-electron chi connectivity index (χ2n) is 5.60. The third kappa shape index (κ3) is 6.05. The van der Waals surface area contributed by atoms with E-state index in [-0.39, 0.29) is 5.78 Å². The Kier molecular flexibility index (Phi) is 6.82. The molecule has 0 fully saturated rings. The van der Waals surface area contributed by atoms with Gasteiger partial charge in [0.1, 0.15) is 5.78 Å². The van der Waals surface area contributed by atoms with E-state index in [1.54, 1.807) is 6.92 Å². The highest BCUT2D eigenvalue weighted by Crippen LogP contribution is 2.18. The van der Waals surface area contributed by atoms with Crippen molar-refractivity contribution in [2.45, 2.75) is 6.92 Å². The first-order chi connectivity index (χ1) is 11.5. The monoisotopic (exact) mass is 338 g/mol. The van der Waals surface area contributed by atoms with Gasteiger partial charge in [-0.05, 0) is 42.8 Å². The Morgan fingerprint density at radius 2 is 1.75 bits per heavy atom. The van der Waals surface area contributed by atoms with E-state index >= 15 is 0 Å². The standard InChI is InChI=1S/C20H22N2OS/c1-16(23)15-24-20(21-18-7-5-4-6-8-18)14-11-17-9-12-19(13-10-17)22(2)3/h4-14H,15H2,1-3H3/b14-11+,21-20?. The van der Waals surface area contributed by atoms with Crippen LogP contribution >= 0.6 is 11.8 Å². The summed E-state index contributed by atoms with van der Waals surface area (Å²) < 4.78 is 0. The van der Waals surface area contributed by atoms with E-state index < -0.39 is 0 Å². The summed E-state index contributed by atoms with van der Waals surface area (Å²) in [5.74, 6) is 0.569. The van der Waals surface area contributed by atoms with Gasteiger partial charge in [0.05, 0.1) is 16.5 Å². The first-order valence-electron chi connectivity index (χ1n) is 7.76. The van der Waals surface area contributed by atoms with Gasteiger partial charge in [-0.3, -0.25) is 4.79 Å². The Labute approximate surface area is 148 Å². The van der Waals surface area contributed by atoms with Gasteiger partial charge in [-0.15, -0.1) is 0 Å². The van der Waals surface area contributed by atoms with Gasteiger partial charge in [0, 0.05) is 19.8 Å². The normalized spacial score (nSPS) is 11.7. The van der Waals surface area contributed by atoms with Crippen LogP contribution in [0.2, 0.25) is 0 Å². The molecule has 4 heteroatoms. The van der Waals surface area contributed by atoms with Crippen LogP contribution in [-0.4, -0.2) is 30.7 Å². The lowest BCUT2D eigenvalue weighted by Crippen LogP contribution is -2.07. The van der Waals surface area contributed by atoms with Crippen molar-refractivity contribution in [3.63, 3.8) is 0 Å². The molecule has 124 valence electrons. The van der Waals surface area contributed by atoms with Gasteiger partial charge in [0.2, 0.25) is 0 Å². The van der Waals surface area contributed by atoms with Crippen LogP contribution < -0.4 is 4.90 Å². The topological polar surface area (TPSA) is 32.7 Å². The molecule has 0 radical (unpaired) electrons. The van der Waals surface area contributed by atoms with Gasteiger partial charge in [-0.1, -0.05) is 48.2 Å². The molecule has 0 aliphatic heterocycles. The highest BCUT2D eigenvalue weighted by Gasteiger charge is 2.01. The fourth-order valence-electron chi connectivity index (χ4n) is 1.97. The second kappa shape index (κ2) is 9.08. The summed E-state index contributed by atoms with van der Waals surface area (Å²) in [6.45, 7) is 1.59. The number of carbonyl (C=O) groups is 1. The first kappa shape index (κ1) is 18.0. The number of anilines is 1. The predicted octanol–water partition coefficient (Wildman–Crippen LogP) is 4.82. The van der Waals surface area contributed by atoms with Crippen molar-refractivity contribution in [1.82, 2.24) is 0 Å².